The molecule has 8 heteroatoms. The predicted molar refractivity (Wildman–Crippen MR) is 109 cm³/mol. The number of benzene rings is 1. The van der Waals surface area contributed by atoms with Crippen LogP contribution in [0.4, 0.5) is 10.5 Å². The summed E-state index contributed by atoms with van der Waals surface area (Å²) in [5.74, 6) is 1.29. The van der Waals surface area contributed by atoms with Crippen LogP contribution in [-0.2, 0) is 11.3 Å². The quantitative estimate of drug-likeness (QED) is 0.826. The van der Waals surface area contributed by atoms with Gasteiger partial charge in [0.2, 0.25) is 5.91 Å². The van der Waals surface area contributed by atoms with Gasteiger partial charge >= 0.3 is 6.03 Å². The zero-order chi connectivity index (χ0) is 20.4. The molecule has 2 aromatic rings. The molecule has 0 saturated carbocycles. The number of furan rings is 1. The number of fused-ring (bicyclic) bond motifs is 1. The molecule has 154 valence electrons. The van der Waals surface area contributed by atoms with Crippen molar-refractivity contribution in [2.75, 3.05) is 24.5 Å². The van der Waals surface area contributed by atoms with E-state index in [4.69, 9.17) is 20.8 Å². The number of hydrogen-bond acceptors (Lipinski definition) is 4. The summed E-state index contributed by atoms with van der Waals surface area (Å²) in [6, 6.07) is 8.86. The third-order valence-electron chi connectivity index (χ3n) is 5.36. The highest BCUT2D eigenvalue weighted by Crippen LogP contribution is 2.36. The van der Waals surface area contributed by atoms with E-state index in [1.165, 1.54) is 0 Å². The van der Waals surface area contributed by atoms with Crippen molar-refractivity contribution >= 4 is 29.2 Å². The minimum Gasteiger partial charge on any atom is -0.487 e. The van der Waals surface area contributed by atoms with E-state index in [0.717, 1.165) is 5.76 Å². The standard InChI is InChI=1S/C21H24ClN3O4/c1-14-13-25(18-11-16(22)4-5-19(18)29-14)21(27)24-8-6-15(7-9-24)20(26)23-12-17-3-2-10-28-17/h2-5,10-11,14-15H,6-9,12-13H2,1H3,(H,23,26)/t14-/m1/s1. The number of anilines is 1. The molecule has 2 aliphatic rings. The van der Waals surface area contributed by atoms with Gasteiger partial charge in [0.05, 0.1) is 25.0 Å². The molecule has 0 radical (unpaired) electrons. The highest BCUT2D eigenvalue weighted by molar-refractivity contribution is 6.31. The van der Waals surface area contributed by atoms with Gasteiger partial charge in [-0.05, 0) is 50.1 Å². The maximum absolute atomic E-state index is 13.2. The molecule has 4 rings (SSSR count). The smallest absolute Gasteiger partial charge is 0.324 e. The maximum Gasteiger partial charge on any atom is 0.324 e. The topological polar surface area (TPSA) is 75.0 Å². The normalized spacial score (nSPS) is 19.4. The second-order valence-electron chi connectivity index (χ2n) is 7.49. The summed E-state index contributed by atoms with van der Waals surface area (Å²) >= 11 is 6.13. The average molecular weight is 418 g/mol. The van der Waals surface area contributed by atoms with E-state index in [0.29, 0.717) is 55.5 Å². The van der Waals surface area contributed by atoms with Crippen molar-refractivity contribution in [1.82, 2.24) is 10.2 Å². The van der Waals surface area contributed by atoms with Gasteiger partial charge in [-0.1, -0.05) is 11.6 Å². The molecule has 1 aromatic carbocycles. The van der Waals surface area contributed by atoms with Crippen molar-refractivity contribution in [2.24, 2.45) is 5.92 Å². The Morgan fingerprint density at radius 3 is 2.76 bits per heavy atom. The fraction of sp³-hybridized carbons (Fsp3) is 0.429. The molecule has 1 N–H and O–H groups in total. The molecule has 7 nitrogen and oxygen atoms in total. The van der Waals surface area contributed by atoms with Crippen molar-refractivity contribution < 1.29 is 18.7 Å². The molecule has 0 aliphatic carbocycles. The SMILES string of the molecule is C[C@@H]1CN(C(=O)N2CCC(C(=O)NCc3ccco3)CC2)c2cc(Cl)ccc2O1. The summed E-state index contributed by atoms with van der Waals surface area (Å²) in [5.41, 5.74) is 0.693. The number of nitrogens with zero attached hydrogens (tertiary/aromatic N) is 2. The molecule has 1 aromatic heterocycles. The molecular formula is C21H24ClN3O4. The minimum atomic E-state index is -0.0995. The number of ether oxygens (including phenoxy) is 1. The lowest BCUT2D eigenvalue weighted by Gasteiger charge is -2.39. The first-order chi connectivity index (χ1) is 14.0. The van der Waals surface area contributed by atoms with Crippen LogP contribution in [0.2, 0.25) is 5.02 Å². The van der Waals surface area contributed by atoms with Crippen LogP contribution in [-0.4, -0.2) is 42.6 Å². The number of urea groups is 1. The monoisotopic (exact) mass is 417 g/mol. The molecule has 1 saturated heterocycles. The summed E-state index contributed by atoms with van der Waals surface area (Å²) in [6.07, 6.45) is 2.76. The molecule has 0 bridgehead atoms. The molecule has 1 atom stereocenters. The summed E-state index contributed by atoms with van der Waals surface area (Å²) in [6.45, 7) is 3.87. The first-order valence-electron chi connectivity index (χ1n) is 9.84. The Kier molecular flexibility index (Phi) is 5.67. The second kappa shape index (κ2) is 8.37. The number of carbonyl (C=O) groups is 2. The van der Waals surface area contributed by atoms with E-state index in [9.17, 15) is 9.59 Å². The lowest BCUT2D eigenvalue weighted by Crippen LogP contribution is -2.52. The highest BCUT2D eigenvalue weighted by Gasteiger charge is 2.34. The third kappa shape index (κ3) is 4.34. The number of halogens is 1. The van der Waals surface area contributed by atoms with Gasteiger partial charge in [-0.3, -0.25) is 9.69 Å². The molecule has 3 heterocycles. The van der Waals surface area contributed by atoms with Crippen LogP contribution in [0.5, 0.6) is 5.75 Å². The fourth-order valence-corrected chi connectivity index (χ4v) is 3.99. The number of piperidine rings is 1. The van der Waals surface area contributed by atoms with Crippen LogP contribution >= 0.6 is 11.6 Å². The molecule has 3 amide bonds. The van der Waals surface area contributed by atoms with Crippen LogP contribution in [0.1, 0.15) is 25.5 Å². The first kappa shape index (κ1) is 19.6. The van der Waals surface area contributed by atoms with Crippen LogP contribution in [0, 0.1) is 5.92 Å². The predicted octanol–water partition coefficient (Wildman–Crippen LogP) is 3.67. The Morgan fingerprint density at radius 2 is 2.03 bits per heavy atom. The molecule has 29 heavy (non-hydrogen) atoms. The maximum atomic E-state index is 13.2. The molecule has 1 fully saturated rings. The molecule has 2 aliphatic heterocycles. The van der Waals surface area contributed by atoms with Crippen molar-refractivity contribution in [3.05, 3.63) is 47.4 Å². The average Bonchev–Trinajstić information content (AvgIpc) is 3.25. The molecular weight excluding hydrogens is 394 g/mol. The fourth-order valence-electron chi connectivity index (χ4n) is 3.83. The van der Waals surface area contributed by atoms with E-state index in [1.54, 1.807) is 40.3 Å². The summed E-state index contributed by atoms with van der Waals surface area (Å²) < 4.78 is 11.1. The highest BCUT2D eigenvalue weighted by atomic mass is 35.5. The first-order valence-corrected chi connectivity index (χ1v) is 10.2. The number of nitrogens with one attached hydrogen (secondary N) is 1. The lowest BCUT2D eigenvalue weighted by molar-refractivity contribution is -0.126. The summed E-state index contributed by atoms with van der Waals surface area (Å²) in [5, 5.41) is 3.47. The minimum absolute atomic E-state index is 0.00520. The Balaban J connectivity index is 1.36. The van der Waals surface area contributed by atoms with Crippen LogP contribution in [0.25, 0.3) is 0 Å². The largest absolute Gasteiger partial charge is 0.487 e. The Labute approximate surface area is 174 Å². The Morgan fingerprint density at radius 1 is 1.24 bits per heavy atom. The van der Waals surface area contributed by atoms with Gasteiger partial charge in [0.15, 0.2) is 0 Å². The van der Waals surface area contributed by atoms with Crippen LogP contribution in [0.15, 0.2) is 41.0 Å². The van der Waals surface area contributed by atoms with Crippen LogP contribution in [0.3, 0.4) is 0 Å². The zero-order valence-corrected chi connectivity index (χ0v) is 17.0. The van der Waals surface area contributed by atoms with Gasteiger partial charge in [0.1, 0.15) is 17.6 Å². The van der Waals surface area contributed by atoms with Crippen molar-refractivity contribution in [3.8, 4) is 5.75 Å². The number of likely N-dealkylation sites (tertiary alicyclic amines) is 1. The van der Waals surface area contributed by atoms with Crippen LogP contribution < -0.4 is 15.0 Å². The molecule has 0 spiro atoms. The van der Waals surface area contributed by atoms with Gasteiger partial charge in [0, 0.05) is 24.0 Å². The van der Waals surface area contributed by atoms with Crippen molar-refractivity contribution in [3.63, 3.8) is 0 Å². The summed E-state index contributed by atoms with van der Waals surface area (Å²) in [7, 11) is 0. The van der Waals surface area contributed by atoms with E-state index in [-0.39, 0.29) is 24.0 Å². The third-order valence-corrected chi connectivity index (χ3v) is 5.60. The zero-order valence-electron chi connectivity index (χ0n) is 16.3. The lowest BCUT2D eigenvalue weighted by atomic mass is 9.96. The Bertz CT molecular complexity index is 878. The van der Waals surface area contributed by atoms with E-state index in [1.807, 2.05) is 13.0 Å². The number of amides is 3. The van der Waals surface area contributed by atoms with E-state index < -0.39 is 0 Å². The van der Waals surface area contributed by atoms with Crippen molar-refractivity contribution in [2.45, 2.75) is 32.4 Å². The van der Waals surface area contributed by atoms with E-state index >= 15 is 0 Å². The number of rotatable bonds is 3. The van der Waals surface area contributed by atoms with E-state index in [2.05, 4.69) is 5.32 Å². The van der Waals surface area contributed by atoms with Gasteiger partial charge in [-0.15, -0.1) is 0 Å². The van der Waals surface area contributed by atoms with Gasteiger partial charge in [-0.25, -0.2) is 4.79 Å². The second-order valence-corrected chi connectivity index (χ2v) is 7.93. The summed E-state index contributed by atoms with van der Waals surface area (Å²) in [4.78, 5) is 29.1. The Hall–Kier alpha value is -2.67. The van der Waals surface area contributed by atoms with Gasteiger partial charge in [-0.2, -0.15) is 0 Å². The van der Waals surface area contributed by atoms with Gasteiger partial charge in [0.25, 0.3) is 0 Å². The number of hydrogen-bond donors (Lipinski definition) is 1. The number of carbonyl (C=O) groups excluding carboxylic acids is 2. The molecule has 0 unspecified atom stereocenters. The van der Waals surface area contributed by atoms with Gasteiger partial charge < -0.3 is 19.4 Å². The van der Waals surface area contributed by atoms with Crippen molar-refractivity contribution in [1.29, 1.82) is 0 Å².